The third kappa shape index (κ3) is 7.39. The number of benzene rings is 1. The van der Waals surface area contributed by atoms with Crippen LogP contribution in [0.4, 0.5) is 0 Å². The van der Waals surface area contributed by atoms with Crippen molar-refractivity contribution in [1.82, 2.24) is 5.32 Å². The standard InChI is InChI=1S/C20H30ClNO6/c1-5-25-18(23)16(19(24)26-6-2)17(20(27-7-3)28-8-4)22-13-14-11-9-10-12-15(14)21/h9-12,16-17,20,22H,5-8,13H2,1-4H3. The van der Waals surface area contributed by atoms with Gasteiger partial charge in [0.05, 0.1) is 19.3 Å². The van der Waals surface area contributed by atoms with Gasteiger partial charge in [-0.05, 0) is 39.3 Å². The van der Waals surface area contributed by atoms with Gasteiger partial charge in [-0.25, -0.2) is 0 Å². The Balaban J connectivity index is 3.20. The van der Waals surface area contributed by atoms with Crippen molar-refractivity contribution in [2.45, 2.75) is 46.6 Å². The molecule has 1 N–H and O–H groups in total. The summed E-state index contributed by atoms with van der Waals surface area (Å²) in [7, 11) is 0. The molecule has 0 saturated heterocycles. The second-order valence-corrected chi connectivity index (χ2v) is 6.17. The van der Waals surface area contributed by atoms with Crippen molar-refractivity contribution in [3.05, 3.63) is 34.9 Å². The van der Waals surface area contributed by atoms with Crippen LogP contribution in [-0.2, 0) is 35.1 Å². The Bertz CT molecular complexity index is 588. The highest BCUT2D eigenvalue weighted by Crippen LogP contribution is 2.20. The van der Waals surface area contributed by atoms with Crippen LogP contribution in [0.2, 0.25) is 5.02 Å². The zero-order chi connectivity index (χ0) is 20.9. The van der Waals surface area contributed by atoms with Crippen LogP contribution < -0.4 is 5.32 Å². The molecule has 1 aromatic rings. The van der Waals surface area contributed by atoms with Crippen LogP contribution in [0.1, 0.15) is 33.3 Å². The molecular formula is C20H30ClNO6. The number of carbonyl (C=O) groups excluding carboxylic acids is 2. The maximum atomic E-state index is 12.6. The topological polar surface area (TPSA) is 83.1 Å². The lowest BCUT2D eigenvalue weighted by atomic mass is 9.98. The van der Waals surface area contributed by atoms with Crippen molar-refractivity contribution in [1.29, 1.82) is 0 Å². The third-order valence-electron chi connectivity index (χ3n) is 3.88. The molecule has 0 aliphatic rings. The molecule has 1 unspecified atom stereocenters. The fraction of sp³-hybridized carbons (Fsp3) is 0.600. The first-order valence-electron chi connectivity index (χ1n) is 9.53. The number of carbonyl (C=O) groups is 2. The second-order valence-electron chi connectivity index (χ2n) is 5.76. The van der Waals surface area contributed by atoms with Crippen molar-refractivity contribution in [3.8, 4) is 0 Å². The van der Waals surface area contributed by atoms with Crippen LogP contribution in [0.5, 0.6) is 0 Å². The van der Waals surface area contributed by atoms with Crippen molar-refractivity contribution >= 4 is 23.5 Å². The molecular weight excluding hydrogens is 386 g/mol. The van der Waals surface area contributed by atoms with Crippen LogP contribution in [0.25, 0.3) is 0 Å². The molecule has 158 valence electrons. The van der Waals surface area contributed by atoms with Crippen LogP contribution in [0.15, 0.2) is 24.3 Å². The highest BCUT2D eigenvalue weighted by Gasteiger charge is 2.42. The number of nitrogens with one attached hydrogen (secondary N) is 1. The summed E-state index contributed by atoms with van der Waals surface area (Å²) >= 11 is 6.23. The van der Waals surface area contributed by atoms with E-state index in [-0.39, 0.29) is 13.2 Å². The lowest BCUT2D eigenvalue weighted by Crippen LogP contribution is -2.53. The van der Waals surface area contributed by atoms with Gasteiger partial charge in [-0.15, -0.1) is 0 Å². The van der Waals surface area contributed by atoms with Gasteiger partial charge in [0.25, 0.3) is 0 Å². The minimum Gasteiger partial charge on any atom is -0.465 e. The molecule has 0 aromatic heterocycles. The average Bonchev–Trinajstić information content (AvgIpc) is 2.66. The minimum absolute atomic E-state index is 0.139. The first kappa shape index (κ1) is 24.4. The lowest BCUT2D eigenvalue weighted by molar-refractivity contribution is -0.185. The summed E-state index contributed by atoms with van der Waals surface area (Å²) in [5.74, 6) is -2.63. The SMILES string of the molecule is CCOC(=O)C(C(=O)OCC)C(NCc1ccccc1Cl)C(OCC)OCC. The Morgan fingerprint density at radius 1 is 0.929 bits per heavy atom. The van der Waals surface area contributed by atoms with E-state index in [0.717, 1.165) is 5.56 Å². The van der Waals surface area contributed by atoms with Crippen molar-refractivity contribution in [2.75, 3.05) is 26.4 Å². The number of rotatable bonds is 13. The summed E-state index contributed by atoms with van der Waals surface area (Å²) in [5.41, 5.74) is 0.812. The predicted octanol–water partition coefficient (Wildman–Crippen LogP) is 2.94. The van der Waals surface area contributed by atoms with Crippen molar-refractivity contribution in [3.63, 3.8) is 0 Å². The Morgan fingerprint density at radius 2 is 1.46 bits per heavy atom. The van der Waals surface area contributed by atoms with Gasteiger partial charge >= 0.3 is 11.9 Å². The fourth-order valence-electron chi connectivity index (χ4n) is 2.68. The van der Waals surface area contributed by atoms with Gasteiger partial charge in [0.15, 0.2) is 12.2 Å². The van der Waals surface area contributed by atoms with Crippen LogP contribution in [0.3, 0.4) is 0 Å². The zero-order valence-corrected chi connectivity index (χ0v) is 17.7. The second kappa shape index (κ2) is 13.5. The lowest BCUT2D eigenvalue weighted by Gasteiger charge is -2.31. The fourth-order valence-corrected chi connectivity index (χ4v) is 2.88. The molecule has 0 fully saturated rings. The Morgan fingerprint density at radius 3 is 1.93 bits per heavy atom. The predicted molar refractivity (Wildman–Crippen MR) is 106 cm³/mol. The van der Waals surface area contributed by atoms with E-state index in [4.69, 9.17) is 30.5 Å². The monoisotopic (exact) mass is 415 g/mol. The van der Waals surface area contributed by atoms with Crippen molar-refractivity contribution < 1.29 is 28.5 Å². The van der Waals surface area contributed by atoms with Gasteiger partial charge in [0.1, 0.15) is 0 Å². The summed E-state index contributed by atoms with van der Waals surface area (Å²) < 4.78 is 21.6. The molecule has 1 rings (SSSR count). The Hall–Kier alpha value is -1.67. The van der Waals surface area contributed by atoms with E-state index >= 15 is 0 Å². The summed E-state index contributed by atoms with van der Waals surface area (Å²) in [6, 6.07) is 6.48. The Kier molecular flexibility index (Phi) is 11.7. The molecule has 0 amide bonds. The summed E-state index contributed by atoms with van der Waals surface area (Å²) in [4.78, 5) is 25.2. The van der Waals surface area contributed by atoms with E-state index in [1.54, 1.807) is 33.8 Å². The highest BCUT2D eigenvalue weighted by molar-refractivity contribution is 6.31. The summed E-state index contributed by atoms with van der Waals surface area (Å²) in [5, 5.41) is 3.76. The average molecular weight is 416 g/mol. The minimum atomic E-state index is -1.24. The van der Waals surface area contributed by atoms with E-state index in [1.165, 1.54) is 0 Å². The number of esters is 2. The third-order valence-corrected chi connectivity index (χ3v) is 4.25. The van der Waals surface area contributed by atoms with Crippen molar-refractivity contribution in [2.24, 2.45) is 5.92 Å². The number of hydrogen-bond acceptors (Lipinski definition) is 7. The molecule has 0 heterocycles. The zero-order valence-electron chi connectivity index (χ0n) is 16.9. The maximum absolute atomic E-state index is 12.6. The Labute approximate surface area is 171 Å². The molecule has 7 nitrogen and oxygen atoms in total. The van der Waals surface area contributed by atoms with Gasteiger partial charge in [-0.3, -0.25) is 9.59 Å². The number of halogens is 1. The van der Waals surface area contributed by atoms with Gasteiger partial charge in [-0.1, -0.05) is 29.8 Å². The maximum Gasteiger partial charge on any atom is 0.322 e. The van der Waals surface area contributed by atoms with Gasteiger partial charge in [0, 0.05) is 24.8 Å². The number of hydrogen-bond donors (Lipinski definition) is 1. The summed E-state index contributed by atoms with van der Waals surface area (Å²) in [6.07, 6.45) is -0.851. The molecule has 0 aliphatic carbocycles. The molecule has 0 radical (unpaired) electrons. The van der Waals surface area contributed by atoms with Crippen LogP contribution in [0, 0.1) is 5.92 Å². The quantitative estimate of drug-likeness (QED) is 0.301. The first-order chi connectivity index (χ1) is 13.5. The largest absolute Gasteiger partial charge is 0.465 e. The molecule has 0 bridgehead atoms. The molecule has 1 aromatic carbocycles. The van der Waals surface area contributed by atoms with E-state index in [1.807, 2.05) is 18.2 Å². The van der Waals surface area contributed by atoms with Gasteiger partial charge in [-0.2, -0.15) is 0 Å². The summed E-state index contributed by atoms with van der Waals surface area (Å²) in [6.45, 7) is 8.22. The molecule has 8 heteroatoms. The molecule has 0 aliphatic heterocycles. The normalized spacial score (nSPS) is 12.2. The highest BCUT2D eigenvalue weighted by atomic mass is 35.5. The van der Waals surface area contributed by atoms with E-state index in [9.17, 15) is 9.59 Å². The smallest absolute Gasteiger partial charge is 0.322 e. The number of ether oxygens (including phenoxy) is 4. The van der Waals surface area contributed by atoms with E-state index in [2.05, 4.69) is 5.32 Å². The van der Waals surface area contributed by atoms with Crippen LogP contribution >= 0.6 is 11.6 Å². The van der Waals surface area contributed by atoms with E-state index in [0.29, 0.717) is 24.8 Å². The van der Waals surface area contributed by atoms with Crippen LogP contribution in [-0.4, -0.2) is 50.7 Å². The van der Waals surface area contributed by atoms with Gasteiger partial charge in [0.2, 0.25) is 0 Å². The first-order valence-corrected chi connectivity index (χ1v) is 9.91. The van der Waals surface area contributed by atoms with E-state index < -0.39 is 30.2 Å². The molecule has 28 heavy (non-hydrogen) atoms. The molecule has 0 spiro atoms. The molecule has 0 saturated carbocycles. The van der Waals surface area contributed by atoms with Gasteiger partial charge < -0.3 is 24.3 Å². The molecule has 1 atom stereocenters.